The molecular weight excluding hydrogens is 242 g/mol. The first kappa shape index (κ1) is 17.3. The van der Waals surface area contributed by atoms with E-state index in [-0.39, 0.29) is 6.04 Å². The Kier molecular flexibility index (Phi) is 8.05. The van der Waals surface area contributed by atoms with E-state index in [1.165, 1.54) is 0 Å². The smallest absolute Gasteiger partial charge is 0.251 e. The van der Waals surface area contributed by atoms with Crippen molar-refractivity contribution in [1.29, 1.82) is 0 Å². The van der Waals surface area contributed by atoms with Crippen LogP contribution in [0, 0.1) is 0 Å². The second-order valence-corrected chi connectivity index (χ2v) is 4.37. The predicted octanol–water partition coefficient (Wildman–Crippen LogP) is -2.27. The lowest BCUT2D eigenvalue weighted by Crippen LogP contribution is -2.52. The first-order valence-corrected chi connectivity index (χ1v) is 5.98. The Balaban J connectivity index is 4.35. The monoisotopic (exact) mass is 265 g/mol. The van der Waals surface area contributed by atoms with Crippen LogP contribution < -0.4 is 5.32 Å². The van der Waals surface area contributed by atoms with Gasteiger partial charge in [0.2, 0.25) is 0 Å². The van der Waals surface area contributed by atoms with Crippen LogP contribution in [0.3, 0.4) is 0 Å². The minimum atomic E-state index is -1.86. The fourth-order valence-electron chi connectivity index (χ4n) is 1.51. The predicted molar refractivity (Wildman–Crippen MR) is 63.6 cm³/mol. The van der Waals surface area contributed by atoms with Gasteiger partial charge in [0.05, 0.1) is 6.61 Å². The highest BCUT2D eigenvalue weighted by molar-refractivity contribution is 5.81. The highest BCUT2D eigenvalue weighted by Crippen LogP contribution is 2.06. The van der Waals surface area contributed by atoms with E-state index in [1.807, 2.05) is 6.92 Å². The van der Waals surface area contributed by atoms with Gasteiger partial charge in [-0.05, 0) is 13.3 Å². The molecule has 0 aromatic rings. The number of carbonyl (C=O) groups is 1. The van der Waals surface area contributed by atoms with Gasteiger partial charge in [-0.15, -0.1) is 0 Å². The van der Waals surface area contributed by atoms with Crippen molar-refractivity contribution in [3.63, 3.8) is 0 Å². The van der Waals surface area contributed by atoms with E-state index >= 15 is 0 Å². The van der Waals surface area contributed by atoms with Gasteiger partial charge in [-0.1, -0.05) is 13.3 Å². The summed E-state index contributed by atoms with van der Waals surface area (Å²) in [6.45, 7) is 2.91. The zero-order chi connectivity index (χ0) is 14.3. The molecular formula is C11H23NO6. The largest absolute Gasteiger partial charge is 0.394 e. The van der Waals surface area contributed by atoms with Gasteiger partial charge >= 0.3 is 0 Å². The zero-order valence-corrected chi connectivity index (χ0v) is 10.7. The van der Waals surface area contributed by atoms with Gasteiger partial charge in [-0.3, -0.25) is 4.79 Å². The van der Waals surface area contributed by atoms with Gasteiger partial charge in [0.1, 0.15) is 18.3 Å². The Hall–Kier alpha value is -0.730. The Labute approximate surface area is 106 Å². The van der Waals surface area contributed by atoms with E-state index in [2.05, 4.69) is 5.32 Å². The average Bonchev–Trinajstić information content (AvgIpc) is 2.35. The van der Waals surface area contributed by atoms with E-state index in [0.29, 0.717) is 0 Å². The summed E-state index contributed by atoms with van der Waals surface area (Å²) in [5, 5.41) is 48.5. The summed E-state index contributed by atoms with van der Waals surface area (Å²) in [6, 6.07) is -0.163. The number of amides is 1. The third-order valence-corrected chi connectivity index (χ3v) is 2.63. The maximum atomic E-state index is 11.5. The Bertz CT molecular complexity index is 250. The first-order valence-electron chi connectivity index (χ1n) is 5.98. The van der Waals surface area contributed by atoms with Crippen molar-refractivity contribution in [2.45, 2.75) is 57.1 Å². The van der Waals surface area contributed by atoms with Crippen LogP contribution in [-0.4, -0.2) is 68.5 Å². The van der Waals surface area contributed by atoms with Crippen LogP contribution >= 0.6 is 0 Å². The molecule has 0 saturated carbocycles. The summed E-state index contributed by atoms with van der Waals surface area (Å²) in [4.78, 5) is 11.5. The average molecular weight is 265 g/mol. The molecule has 0 spiro atoms. The van der Waals surface area contributed by atoms with Crippen molar-refractivity contribution in [2.75, 3.05) is 6.61 Å². The van der Waals surface area contributed by atoms with Crippen molar-refractivity contribution < 1.29 is 30.3 Å². The van der Waals surface area contributed by atoms with E-state index in [1.54, 1.807) is 6.92 Å². The van der Waals surface area contributed by atoms with Crippen molar-refractivity contribution in [1.82, 2.24) is 5.32 Å². The molecule has 0 fully saturated rings. The van der Waals surface area contributed by atoms with E-state index in [0.717, 1.165) is 12.8 Å². The van der Waals surface area contributed by atoms with Crippen LogP contribution in [0.1, 0.15) is 26.7 Å². The van der Waals surface area contributed by atoms with Gasteiger partial charge in [0.25, 0.3) is 5.91 Å². The van der Waals surface area contributed by atoms with Gasteiger partial charge < -0.3 is 30.8 Å². The number of nitrogens with one attached hydrogen (secondary N) is 1. The first-order chi connectivity index (χ1) is 8.34. The molecule has 0 bridgehead atoms. The van der Waals surface area contributed by atoms with Gasteiger partial charge in [0.15, 0.2) is 6.10 Å². The molecule has 0 aromatic heterocycles. The van der Waals surface area contributed by atoms with Crippen LogP contribution in [0.25, 0.3) is 0 Å². The van der Waals surface area contributed by atoms with E-state index in [4.69, 9.17) is 10.2 Å². The molecule has 0 aliphatic heterocycles. The second kappa shape index (κ2) is 8.39. The van der Waals surface area contributed by atoms with Crippen LogP contribution in [-0.2, 0) is 4.79 Å². The summed E-state index contributed by atoms with van der Waals surface area (Å²) in [5.74, 6) is -0.826. The maximum absolute atomic E-state index is 11.5. The summed E-state index contributed by atoms with van der Waals surface area (Å²) in [7, 11) is 0. The van der Waals surface area contributed by atoms with Crippen LogP contribution in [0.2, 0.25) is 0 Å². The molecule has 0 heterocycles. The molecule has 5 unspecified atom stereocenters. The van der Waals surface area contributed by atoms with Crippen molar-refractivity contribution in [3.8, 4) is 0 Å². The lowest BCUT2D eigenvalue weighted by atomic mass is 10.0. The normalized spacial score (nSPS) is 19.7. The molecule has 0 aromatic carbocycles. The number of carbonyl (C=O) groups excluding carboxylic acids is 1. The third kappa shape index (κ3) is 5.28. The Morgan fingerprint density at radius 3 is 2.17 bits per heavy atom. The molecule has 1 amide bonds. The molecule has 6 N–H and O–H groups in total. The van der Waals surface area contributed by atoms with Gasteiger partial charge in [-0.2, -0.15) is 0 Å². The summed E-state index contributed by atoms with van der Waals surface area (Å²) in [5.41, 5.74) is 0. The minimum Gasteiger partial charge on any atom is -0.394 e. The molecule has 0 radical (unpaired) electrons. The molecule has 0 aliphatic rings. The van der Waals surface area contributed by atoms with Crippen molar-refractivity contribution >= 4 is 5.91 Å². The maximum Gasteiger partial charge on any atom is 0.251 e. The molecule has 5 atom stereocenters. The van der Waals surface area contributed by atoms with Crippen LogP contribution in [0.5, 0.6) is 0 Å². The lowest BCUT2D eigenvalue weighted by Gasteiger charge is -2.25. The SMILES string of the molecule is CCCC(C)NC(=O)C(O)C(O)C(O)C(O)CO. The van der Waals surface area contributed by atoms with Crippen molar-refractivity contribution in [3.05, 3.63) is 0 Å². The van der Waals surface area contributed by atoms with E-state index < -0.39 is 36.9 Å². The summed E-state index contributed by atoms with van der Waals surface area (Å²) in [6.07, 6.45) is -5.56. The Morgan fingerprint density at radius 2 is 1.72 bits per heavy atom. The Morgan fingerprint density at radius 1 is 1.17 bits per heavy atom. The van der Waals surface area contributed by atoms with E-state index in [9.17, 15) is 20.1 Å². The van der Waals surface area contributed by atoms with Crippen LogP contribution in [0.15, 0.2) is 0 Å². The molecule has 0 aliphatic carbocycles. The topological polar surface area (TPSA) is 130 Å². The number of aliphatic hydroxyl groups is 5. The quantitative estimate of drug-likeness (QED) is 0.293. The third-order valence-electron chi connectivity index (χ3n) is 2.63. The van der Waals surface area contributed by atoms with Crippen LogP contribution in [0.4, 0.5) is 0 Å². The van der Waals surface area contributed by atoms with Gasteiger partial charge in [0, 0.05) is 6.04 Å². The fourth-order valence-corrected chi connectivity index (χ4v) is 1.51. The number of aliphatic hydroxyl groups excluding tert-OH is 5. The number of rotatable bonds is 8. The number of hydrogen-bond acceptors (Lipinski definition) is 6. The molecule has 0 saturated heterocycles. The zero-order valence-electron chi connectivity index (χ0n) is 10.7. The molecule has 0 rings (SSSR count). The standard InChI is InChI=1S/C11H23NO6/c1-3-4-6(2)12-11(18)10(17)9(16)8(15)7(14)5-13/h6-10,13-17H,3-5H2,1-2H3,(H,12,18). The molecule has 7 nitrogen and oxygen atoms in total. The lowest BCUT2D eigenvalue weighted by molar-refractivity contribution is -0.149. The second-order valence-electron chi connectivity index (χ2n) is 4.37. The minimum absolute atomic E-state index is 0.163. The summed E-state index contributed by atoms with van der Waals surface area (Å²) < 4.78 is 0. The number of hydrogen-bond donors (Lipinski definition) is 6. The molecule has 108 valence electrons. The fraction of sp³-hybridized carbons (Fsp3) is 0.909. The van der Waals surface area contributed by atoms with Gasteiger partial charge in [-0.25, -0.2) is 0 Å². The molecule has 18 heavy (non-hydrogen) atoms. The highest BCUT2D eigenvalue weighted by atomic mass is 16.4. The van der Waals surface area contributed by atoms with Crippen molar-refractivity contribution in [2.24, 2.45) is 0 Å². The molecule has 7 heteroatoms. The summed E-state index contributed by atoms with van der Waals surface area (Å²) >= 11 is 0. The highest BCUT2D eigenvalue weighted by Gasteiger charge is 2.34.